The van der Waals surface area contributed by atoms with E-state index in [9.17, 15) is 9.59 Å². The minimum Gasteiger partial charge on any atom is -0.342 e. The maximum atomic E-state index is 12.4. The summed E-state index contributed by atoms with van der Waals surface area (Å²) in [5.41, 5.74) is 2.48. The number of aryl methyl sites for hydroxylation is 1. The van der Waals surface area contributed by atoms with E-state index in [0.717, 1.165) is 17.4 Å². The molecule has 0 unspecified atom stereocenters. The predicted octanol–water partition coefficient (Wildman–Crippen LogP) is 0.487. The van der Waals surface area contributed by atoms with Gasteiger partial charge in [0, 0.05) is 38.8 Å². The zero-order valence-electron chi connectivity index (χ0n) is 11.3. The van der Waals surface area contributed by atoms with E-state index in [4.69, 9.17) is 0 Å². The molecule has 0 N–H and O–H groups in total. The number of nitrogens with zero attached hydrogens (tertiary/aromatic N) is 4. The summed E-state index contributed by atoms with van der Waals surface area (Å²) in [6.45, 7) is 2.36. The standard InChI is InChI=1S/C14H16N4O2/c1-16-9-15-12-8-11(2-3-13(12)16)14(20)18-6-4-17(10-19)5-7-18/h2-3,8-10H,4-7H2,1H3. The molecule has 3 rings (SSSR count). The average Bonchev–Trinajstić information content (AvgIpc) is 2.87. The SMILES string of the molecule is Cn1cnc2cc(C(=O)N3CCN(C=O)CC3)ccc21. The summed E-state index contributed by atoms with van der Waals surface area (Å²) in [6.07, 6.45) is 2.57. The number of benzene rings is 1. The highest BCUT2D eigenvalue weighted by molar-refractivity contribution is 5.97. The van der Waals surface area contributed by atoms with Gasteiger partial charge in [0.15, 0.2) is 0 Å². The lowest BCUT2D eigenvalue weighted by atomic mass is 10.1. The maximum Gasteiger partial charge on any atom is 0.254 e. The number of hydrogen-bond acceptors (Lipinski definition) is 3. The molecule has 1 aromatic carbocycles. The van der Waals surface area contributed by atoms with Gasteiger partial charge in [-0.1, -0.05) is 0 Å². The summed E-state index contributed by atoms with van der Waals surface area (Å²) < 4.78 is 1.92. The largest absolute Gasteiger partial charge is 0.342 e. The van der Waals surface area contributed by atoms with Gasteiger partial charge in [-0.15, -0.1) is 0 Å². The van der Waals surface area contributed by atoms with Gasteiger partial charge in [0.2, 0.25) is 6.41 Å². The monoisotopic (exact) mass is 272 g/mol. The molecular formula is C14H16N4O2. The van der Waals surface area contributed by atoms with Gasteiger partial charge in [0.25, 0.3) is 5.91 Å². The number of piperazine rings is 1. The van der Waals surface area contributed by atoms with Crippen LogP contribution >= 0.6 is 0 Å². The van der Waals surface area contributed by atoms with Crippen molar-refractivity contribution in [2.24, 2.45) is 7.05 Å². The van der Waals surface area contributed by atoms with E-state index in [1.54, 1.807) is 16.1 Å². The highest BCUT2D eigenvalue weighted by atomic mass is 16.2. The number of hydrogen-bond donors (Lipinski definition) is 0. The van der Waals surface area contributed by atoms with Gasteiger partial charge in [0.05, 0.1) is 17.4 Å². The molecule has 0 bridgehead atoms. The topological polar surface area (TPSA) is 58.4 Å². The highest BCUT2D eigenvalue weighted by Crippen LogP contribution is 2.16. The molecule has 6 nitrogen and oxygen atoms in total. The molecule has 1 fully saturated rings. The number of aromatic nitrogens is 2. The van der Waals surface area contributed by atoms with E-state index in [2.05, 4.69) is 4.98 Å². The van der Waals surface area contributed by atoms with Gasteiger partial charge < -0.3 is 14.4 Å². The molecule has 1 saturated heterocycles. The van der Waals surface area contributed by atoms with Crippen LogP contribution in [0.15, 0.2) is 24.5 Å². The molecular weight excluding hydrogens is 256 g/mol. The summed E-state index contributed by atoms with van der Waals surface area (Å²) in [4.78, 5) is 30.8. The van der Waals surface area contributed by atoms with Crippen LogP contribution in [0.4, 0.5) is 0 Å². The van der Waals surface area contributed by atoms with Crippen LogP contribution in [-0.4, -0.2) is 57.8 Å². The first-order chi connectivity index (χ1) is 9.69. The summed E-state index contributed by atoms with van der Waals surface area (Å²) >= 11 is 0. The lowest BCUT2D eigenvalue weighted by Gasteiger charge is -2.32. The van der Waals surface area contributed by atoms with Crippen LogP contribution in [0.3, 0.4) is 0 Å². The van der Waals surface area contributed by atoms with Crippen LogP contribution < -0.4 is 0 Å². The Hall–Kier alpha value is -2.37. The van der Waals surface area contributed by atoms with Crippen molar-refractivity contribution in [2.45, 2.75) is 0 Å². The number of amides is 2. The van der Waals surface area contributed by atoms with Crippen molar-refractivity contribution in [1.29, 1.82) is 0 Å². The quantitative estimate of drug-likeness (QED) is 0.747. The first-order valence-electron chi connectivity index (χ1n) is 6.59. The van der Waals surface area contributed by atoms with E-state index in [0.29, 0.717) is 31.7 Å². The maximum absolute atomic E-state index is 12.4. The number of imidazole rings is 1. The van der Waals surface area contributed by atoms with Gasteiger partial charge in [-0.05, 0) is 18.2 Å². The van der Waals surface area contributed by atoms with Crippen LogP contribution in [0.5, 0.6) is 0 Å². The molecule has 1 aromatic heterocycles. The van der Waals surface area contributed by atoms with E-state index in [1.165, 1.54) is 0 Å². The normalized spacial score (nSPS) is 15.7. The second-order valence-corrected chi connectivity index (χ2v) is 4.99. The second kappa shape index (κ2) is 4.96. The Balaban J connectivity index is 1.80. The van der Waals surface area contributed by atoms with Gasteiger partial charge in [0.1, 0.15) is 0 Å². The minimum absolute atomic E-state index is 0.00287. The van der Waals surface area contributed by atoms with Gasteiger partial charge in [-0.3, -0.25) is 9.59 Å². The number of carbonyl (C=O) groups is 2. The van der Waals surface area contributed by atoms with Gasteiger partial charge in [-0.2, -0.15) is 0 Å². The van der Waals surface area contributed by atoms with E-state index >= 15 is 0 Å². The lowest BCUT2D eigenvalue weighted by Crippen LogP contribution is -2.48. The third-order valence-corrected chi connectivity index (χ3v) is 3.72. The Bertz CT molecular complexity index is 656. The van der Waals surface area contributed by atoms with Crippen LogP contribution in [0.25, 0.3) is 11.0 Å². The molecule has 20 heavy (non-hydrogen) atoms. The van der Waals surface area contributed by atoms with Gasteiger partial charge in [-0.25, -0.2) is 4.98 Å². The molecule has 6 heteroatoms. The second-order valence-electron chi connectivity index (χ2n) is 4.99. The number of rotatable bonds is 2. The molecule has 0 spiro atoms. The van der Waals surface area contributed by atoms with Gasteiger partial charge >= 0.3 is 0 Å². The molecule has 2 amide bonds. The summed E-state index contributed by atoms with van der Waals surface area (Å²) in [7, 11) is 1.93. The van der Waals surface area contributed by atoms with Crippen molar-refractivity contribution in [3.8, 4) is 0 Å². The number of fused-ring (bicyclic) bond motifs is 1. The molecule has 104 valence electrons. The molecule has 1 aliphatic rings. The fraction of sp³-hybridized carbons (Fsp3) is 0.357. The third kappa shape index (κ3) is 2.13. The Kier molecular flexibility index (Phi) is 3.14. The Labute approximate surface area is 116 Å². The molecule has 2 heterocycles. The molecule has 1 aliphatic heterocycles. The summed E-state index contributed by atoms with van der Waals surface area (Å²) in [6, 6.07) is 5.57. The Morgan fingerprint density at radius 3 is 2.70 bits per heavy atom. The average molecular weight is 272 g/mol. The van der Waals surface area contributed by atoms with E-state index in [-0.39, 0.29) is 5.91 Å². The first-order valence-corrected chi connectivity index (χ1v) is 6.59. The van der Waals surface area contributed by atoms with Crippen molar-refractivity contribution in [1.82, 2.24) is 19.4 Å². The smallest absolute Gasteiger partial charge is 0.254 e. The van der Waals surface area contributed by atoms with Crippen molar-refractivity contribution in [2.75, 3.05) is 26.2 Å². The summed E-state index contributed by atoms with van der Waals surface area (Å²) in [5, 5.41) is 0. The van der Waals surface area contributed by atoms with Crippen LogP contribution in [0.2, 0.25) is 0 Å². The van der Waals surface area contributed by atoms with Crippen LogP contribution in [0, 0.1) is 0 Å². The lowest BCUT2D eigenvalue weighted by molar-refractivity contribution is -0.119. The Morgan fingerprint density at radius 1 is 1.25 bits per heavy atom. The molecule has 0 aliphatic carbocycles. The van der Waals surface area contributed by atoms with Crippen LogP contribution in [0.1, 0.15) is 10.4 Å². The highest BCUT2D eigenvalue weighted by Gasteiger charge is 2.21. The molecule has 0 atom stereocenters. The van der Waals surface area contributed by atoms with Crippen molar-refractivity contribution < 1.29 is 9.59 Å². The summed E-state index contributed by atoms with van der Waals surface area (Å²) in [5.74, 6) is 0.00287. The third-order valence-electron chi connectivity index (χ3n) is 3.72. The molecule has 0 saturated carbocycles. The van der Waals surface area contributed by atoms with Crippen molar-refractivity contribution >= 4 is 23.4 Å². The van der Waals surface area contributed by atoms with Crippen molar-refractivity contribution in [3.05, 3.63) is 30.1 Å². The molecule has 2 aromatic rings. The van der Waals surface area contributed by atoms with E-state index in [1.807, 2.05) is 29.8 Å². The minimum atomic E-state index is 0.00287. The fourth-order valence-electron chi connectivity index (χ4n) is 2.48. The Morgan fingerprint density at radius 2 is 2.00 bits per heavy atom. The van der Waals surface area contributed by atoms with E-state index < -0.39 is 0 Å². The zero-order chi connectivity index (χ0) is 14.1. The van der Waals surface area contributed by atoms with Crippen LogP contribution in [-0.2, 0) is 11.8 Å². The number of carbonyl (C=O) groups excluding carboxylic acids is 2. The molecule has 0 radical (unpaired) electrons. The predicted molar refractivity (Wildman–Crippen MR) is 74.3 cm³/mol. The fourth-order valence-corrected chi connectivity index (χ4v) is 2.48. The first kappa shape index (κ1) is 12.7. The van der Waals surface area contributed by atoms with Crippen molar-refractivity contribution in [3.63, 3.8) is 0 Å². The zero-order valence-corrected chi connectivity index (χ0v) is 11.3.